The first-order valence-corrected chi connectivity index (χ1v) is 7.88. The second kappa shape index (κ2) is 8.82. The first-order valence-electron chi connectivity index (χ1n) is 7.88. The van der Waals surface area contributed by atoms with Crippen molar-refractivity contribution in [2.45, 2.75) is 77.3 Å². The first-order chi connectivity index (χ1) is 9.58. The molecule has 0 aromatic heterocycles. The number of amides is 2. The van der Waals surface area contributed by atoms with Gasteiger partial charge in [0.15, 0.2) is 0 Å². The number of rotatable bonds is 7. The molecule has 0 spiro atoms. The Hall–Kier alpha value is -1.26. The van der Waals surface area contributed by atoms with Gasteiger partial charge in [-0.2, -0.15) is 0 Å². The number of carboxylic acid groups (broad SMARTS) is 1. The summed E-state index contributed by atoms with van der Waals surface area (Å²) >= 11 is 0. The average Bonchev–Trinajstić information content (AvgIpc) is 2.43. The summed E-state index contributed by atoms with van der Waals surface area (Å²) in [5, 5.41) is 14.7. The molecule has 0 aliphatic heterocycles. The van der Waals surface area contributed by atoms with Crippen LogP contribution in [0.2, 0.25) is 0 Å². The summed E-state index contributed by atoms with van der Waals surface area (Å²) in [5.41, 5.74) is 0. The van der Waals surface area contributed by atoms with Crippen LogP contribution in [0.1, 0.15) is 65.2 Å². The van der Waals surface area contributed by atoms with Crippen molar-refractivity contribution in [3.05, 3.63) is 0 Å². The molecule has 3 N–H and O–H groups in total. The molecule has 0 bridgehead atoms. The van der Waals surface area contributed by atoms with Gasteiger partial charge in [-0.1, -0.05) is 46.0 Å². The fraction of sp³-hybridized carbons (Fsp3) is 0.867. The molecule has 0 radical (unpaired) electrons. The van der Waals surface area contributed by atoms with E-state index in [-0.39, 0.29) is 12.1 Å². The van der Waals surface area contributed by atoms with Crippen molar-refractivity contribution in [2.75, 3.05) is 0 Å². The van der Waals surface area contributed by atoms with E-state index in [1.165, 1.54) is 6.42 Å². The lowest BCUT2D eigenvalue weighted by molar-refractivity contribution is -0.139. The van der Waals surface area contributed by atoms with Crippen LogP contribution < -0.4 is 10.6 Å². The van der Waals surface area contributed by atoms with Gasteiger partial charge in [-0.05, 0) is 25.2 Å². The molecule has 20 heavy (non-hydrogen) atoms. The Morgan fingerprint density at radius 3 is 2.55 bits per heavy atom. The van der Waals surface area contributed by atoms with E-state index >= 15 is 0 Å². The zero-order chi connectivity index (χ0) is 15.0. The minimum absolute atomic E-state index is 0.189. The monoisotopic (exact) mass is 284 g/mol. The highest BCUT2D eigenvalue weighted by Crippen LogP contribution is 2.26. The Bertz CT molecular complexity index is 320. The smallest absolute Gasteiger partial charge is 0.326 e. The van der Waals surface area contributed by atoms with Crippen LogP contribution in [-0.4, -0.2) is 29.2 Å². The SMILES string of the molecule is CCCCC(NC(=O)NC1CCCCC1CC)C(=O)O. The fourth-order valence-electron chi connectivity index (χ4n) is 2.92. The summed E-state index contributed by atoms with van der Waals surface area (Å²) in [6.45, 7) is 4.15. The van der Waals surface area contributed by atoms with Crippen LogP contribution in [0.3, 0.4) is 0 Å². The molecule has 2 amide bonds. The van der Waals surface area contributed by atoms with Crippen molar-refractivity contribution in [3.8, 4) is 0 Å². The highest BCUT2D eigenvalue weighted by Gasteiger charge is 2.26. The van der Waals surface area contributed by atoms with E-state index in [1.54, 1.807) is 0 Å². The van der Waals surface area contributed by atoms with Crippen molar-refractivity contribution in [2.24, 2.45) is 5.92 Å². The van der Waals surface area contributed by atoms with Crippen LogP contribution in [-0.2, 0) is 4.79 Å². The summed E-state index contributed by atoms with van der Waals surface area (Å²) in [6, 6.07) is -0.924. The number of carboxylic acids is 1. The Balaban J connectivity index is 2.45. The molecule has 116 valence electrons. The number of urea groups is 1. The number of carbonyl (C=O) groups excluding carboxylic acids is 1. The van der Waals surface area contributed by atoms with Gasteiger partial charge in [-0.3, -0.25) is 0 Å². The molecule has 1 aliphatic rings. The van der Waals surface area contributed by atoms with Gasteiger partial charge in [0.05, 0.1) is 0 Å². The zero-order valence-electron chi connectivity index (χ0n) is 12.7. The average molecular weight is 284 g/mol. The van der Waals surface area contributed by atoms with Crippen LogP contribution in [0, 0.1) is 5.92 Å². The van der Waals surface area contributed by atoms with Gasteiger partial charge in [-0.25, -0.2) is 9.59 Å². The lowest BCUT2D eigenvalue weighted by atomic mass is 9.83. The van der Waals surface area contributed by atoms with Crippen LogP contribution in [0.15, 0.2) is 0 Å². The zero-order valence-corrected chi connectivity index (χ0v) is 12.7. The van der Waals surface area contributed by atoms with Crippen molar-refractivity contribution in [1.29, 1.82) is 0 Å². The summed E-state index contributed by atoms with van der Waals surface area (Å²) in [5.74, 6) is -0.433. The van der Waals surface area contributed by atoms with Crippen LogP contribution in [0.4, 0.5) is 4.79 Å². The lowest BCUT2D eigenvalue weighted by Crippen LogP contribution is -2.51. The second-order valence-electron chi connectivity index (χ2n) is 5.71. The molecule has 0 heterocycles. The van der Waals surface area contributed by atoms with E-state index < -0.39 is 12.0 Å². The Labute approximate surface area is 121 Å². The Morgan fingerprint density at radius 2 is 1.95 bits per heavy atom. The number of carbonyl (C=O) groups is 2. The molecule has 1 aliphatic carbocycles. The normalized spacial score (nSPS) is 23.9. The summed E-state index contributed by atoms with van der Waals surface area (Å²) in [4.78, 5) is 23.1. The predicted octanol–water partition coefficient (Wildman–Crippen LogP) is 2.90. The quantitative estimate of drug-likeness (QED) is 0.672. The van der Waals surface area contributed by atoms with E-state index in [2.05, 4.69) is 17.6 Å². The molecule has 0 aromatic rings. The molecule has 5 nitrogen and oxygen atoms in total. The van der Waals surface area contributed by atoms with Gasteiger partial charge in [0.25, 0.3) is 0 Å². The molecule has 0 saturated heterocycles. The highest BCUT2D eigenvalue weighted by atomic mass is 16.4. The van der Waals surface area contributed by atoms with Gasteiger partial charge in [-0.15, -0.1) is 0 Å². The summed E-state index contributed by atoms with van der Waals surface area (Å²) < 4.78 is 0. The van der Waals surface area contributed by atoms with Gasteiger partial charge in [0, 0.05) is 6.04 Å². The van der Waals surface area contributed by atoms with Crippen LogP contribution >= 0.6 is 0 Å². The van der Waals surface area contributed by atoms with Crippen LogP contribution in [0.5, 0.6) is 0 Å². The molecule has 5 heteroatoms. The van der Waals surface area contributed by atoms with Gasteiger partial charge in [0.2, 0.25) is 0 Å². The second-order valence-corrected chi connectivity index (χ2v) is 5.71. The van der Waals surface area contributed by atoms with Crippen LogP contribution in [0.25, 0.3) is 0 Å². The van der Waals surface area contributed by atoms with Gasteiger partial charge < -0.3 is 15.7 Å². The minimum Gasteiger partial charge on any atom is -0.480 e. The first kappa shape index (κ1) is 16.8. The number of hydrogen-bond acceptors (Lipinski definition) is 2. The molecule has 1 fully saturated rings. The minimum atomic E-state index is -0.954. The third-order valence-corrected chi connectivity index (χ3v) is 4.20. The van der Waals surface area contributed by atoms with Crippen molar-refractivity contribution < 1.29 is 14.7 Å². The maximum absolute atomic E-state index is 12.0. The number of nitrogens with one attached hydrogen (secondary N) is 2. The molecule has 3 unspecified atom stereocenters. The van der Waals surface area contributed by atoms with Gasteiger partial charge in [0.1, 0.15) is 6.04 Å². The van der Waals surface area contributed by atoms with Gasteiger partial charge >= 0.3 is 12.0 Å². The van der Waals surface area contributed by atoms with Crippen molar-refractivity contribution in [1.82, 2.24) is 10.6 Å². The molecular formula is C15H28N2O3. The summed E-state index contributed by atoms with van der Waals surface area (Å²) in [7, 11) is 0. The van der Waals surface area contributed by atoms with Crippen molar-refractivity contribution >= 4 is 12.0 Å². The lowest BCUT2D eigenvalue weighted by Gasteiger charge is -2.31. The number of hydrogen-bond donors (Lipinski definition) is 3. The molecular weight excluding hydrogens is 256 g/mol. The molecule has 1 saturated carbocycles. The number of aliphatic carboxylic acids is 1. The summed E-state index contributed by atoms with van der Waals surface area (Å²) in [6.07, 6.45) is 7.79. The fourth-order valence-corrected chi connectivity index (χ4v) is 2.92. The topological polar surface area (TPSA) is 78.4 Å². The Kier molecular flexibility index (Phi) is 7.41. The van der Waals surface area contributed by atoms with E-state index in [9.17, 15) is 9.59 Å². The Morgan fingerprint density at radius 1 is 1.25 bits per heavy atom. The third kappa shape index (κ3) is 5.39. The maximum atomic E-state index is 12.0. The molecule has 3 atom stereocenters. The van der Waals surface area contributed by atoms with E-state index in [4.69, 9.17) is 5.11 Å². The van der Waals surface area contributed by atoms with E-state index in [1.807, 2.05) is 6.92 Å². The largest absolute Gasteiger partial charge is 0.480 e. The van der Waals surface area contributed by atoms with Crippen molar-refractivity contribution in [3.63, 3.8) is 0 Å². The van der Waals surface area contributed by atoms with E-state index in [0.717, 1.165) is 38.5 Å². The number of unbranched alkanes of at least 4 members (excludes halogenated alkanes) is 1. The molecule has 1 rings (SSSR count). The third-order valence-electron chi connectivity index (χ3n) is 4.20. The maximum Gasteiger partial charge on any atom is 0.326 e. The predicted molar refractivity (Wildman–Crippen MR) is 78.7 cm³/mol. The highest BCUT2D eigenvalue weighted by molar-refractivity contribution is 5.82. The molecule has 0 aromatic carbocycles. The standard InChI is InChI=1S/C15H28N2O3/c1-3-5-9-13(14(18)19)17-15(20)16-12-10-7-6-8-11(12)4-2/h11-13H,3-10H2,1-2H3,(H,18,19)(H2,16,17,20). The van der Waals surface area contributed by atoms with E-state index in [0.29, 0.717) is 12.3 Å².